The highest BCUT2D eigenvalue weighted by atomic mass is 79.9. The predicted molar refractivity (Wildman–Crippen MR) is 112 cm³/mol. The van der Waals surface area contributed by atoms with Crippen molar-refractivity contribution in [3.63, 3.8) is 0 Å². The fourth-order valence-corrected chi connectivity index (χ4v) is 3.52. The summed E-state index contributed by atoms with van der Waals surface area (Å²) in [7, 11) is 0. The van der Waals surface area contributed by atoms with Gasteiger partial charge in [0.15, 0.2) is 5.11 Å². The fraction of sp³-hybridized carbons (Fsp3) is 0.0526. The summed E-state index contributed by atoms with van der Waals surface area (Å²) < 4.78 is 39.0. The van der Waals surface area contributed by atoms with Crippen LogP contribution < -0.4 is 10.6 Å². The van der Waals surface area contributed by atoms with Gasteiger partial charge in [0.1, 0.15) is 0 Å². The van der Waals surface area contributed by atoms with Gasteiger partial charge in [-0.05, 0) is 53.3 Å². The van der Waals surface area contributed by atoms with Crippen LogP contribution in [0.1, 0.15) is 15.9 Å². The molecular weight excluding hydrogens is 477 g/mol. The minimum atomic E-state index is -4.50. The molecule has 0 bridgehead atoms. The van der Waals surface area contributed by atoms with Crippen LogP contribution >= 0.6 is 39.7 Å². The molecule has 0 aromatic heterocycles. The van der Waals surface area contributed by atoms with Crippen LogP contribution in [0.4, 0.5) is 18.9 Å². The van der Waals surface area contributed by atoms with E-state index in [2.05, 4.69) is 26.6 Å². The van der Waals surface area contributed by atoms with Gasteiger partial charge in [0.25, 0.3) is 5.91 Å². The Labute approximate surface area is 177 Å². The van der Waals surface area contributed by atoms with Crippen molar-refractivity contribution in [2.45, 2.75) is 6.18 Å². The summed E-state index contributed by atoms with van der Waals surface area (Å²) >= 11 is 14.4. The van der Waals surface area contributed by atoms with Crippen LogP contribution in [0.2, 0.25) is 5.02 Å². The highest BCUT2D eigenvalue weighted by Crippen LogP contribution is 2.33. The second-order valence-electron chi connectivity index (χ2n) is 5.74. The number of anilines is 1. The van der Waals surface area contributed by atoms with E-state index >= 15 is 0 Å². The number of alkyl halides is 3. The van der Waals surface area contributed by atoms with Crippen molar-refractivity contribution in [1.82, 2.24) is 5.32 Å². The van der Waals surface area contributed by atoms with Crippen LogP contribution in [0, 0.1) is 0 Å². The lowest BCUT2D eigenvalue weighted by molar-refractivity contribution is -0.137. The van der Waals surface area contributed by atoms with Gasteiger partial charge in [-0.2, -0.15) is 13.2 Å². The largest absolute Gasteiger partial charge is 0.416 e. The molecule has 9 heteroatoms. The lowest BCUT2D eigenvalue weighted by Gasteiger charge is -2.14. The summed E-state index contributed by atoms with van der Waals surface area (Å²) in [6.07, 6.45) is -4.50. The number of hydrogen-bond donors (Lipinski definition) is 2. The van der Waals surface area contributed by atoms with Crippen LogP contribution in [-0.2, 0) is 6.18 Å². The zero-order valence-corrected chi connectivity index (χ0v) is 17.1. The third-order valence-electron chi connectivity index (χ3n) is 3.89. The average Bonchev–Trinajstić information content (AvgIpc) is 2.62. The number of carbonyl (C=O) groups is 1. The third-order valence-corrected chi connectivity index (χ3v) is 5.09. The monoisotopic (exact) mass is 486 g/mol. The zero-order valence-electron chi connectivity index (χ0n) is 13.9. The number of nitrogens with one attached hydrogen (secondary N) is 2. The van der Waals surface area contributed by atoms with Gasteiger partial charge in [-0.15, -0.1) is 0 Å². The number of rotatable bonds is 2. The van der Waals surface area contributed by atoms with Crippen LogP contribution in [0.15, 0.2) is 59.1 Å². The van der Waals surface area contributed by atoms with E-state index < -0.39 is 17.6 Å². The molecule has 0 heterocycles. The topological polar surface area (TPSA) is 41.1 Å². The number of carbonyl (C=O) groups excluding carboxylic acids is 1. The van der Waals surface area contributed by atoms with Crippen molar-refractivity contribution in [3.8, 4) is 0 Å². The van der Waals surface area contributed by atoms with E-state index in [1.807, 2.05) is 18.2 Å². The van der Waals surface area contributed by atoms with Crippen LogP contribution in [0.5, 0.6) is 0 Å². The molecule has 0 aliphatic carbocycles. The summed E-state index contributed by atoms with van der Waals surface area (Å²) in [6.45, 7) is 0. The quantitative estimate of drug-likeness (QED) is 0.411. The Bertz CT molecular complexity index is 1090. The summed E-state index contributed by atoms with van der Waals surface area (Å²) in [4.78, 5) is 12.6. The van der Waals surface area contributed by atoms with Crippen LogP contribution in [-0.4, -0.2) is 11.0 Å². The van der Waals surface area contributed by atoms with E-state index in [1.165, 1.54) is 0 Å². The lowest BCUT2D eigenvalue weighted by Crippen LogP contribution is -2.34. The molecule has 0 aliphatic heterocycles. The minimum Gasteiger partial charge on any atom is -0.331 e. The maximum atomic E-state index is 12.7. The molecule has 0 unspecified atom stereocenters. The molecule has 28 heavy (non-hydrogen) atoms. The third kappa shape index (κ3) is 4.45. The van der Waals surface area contributed by atoms with Gasteiger partial charge in [-0.1, -0.05) is 51.8 Å². The summed E-state index contributed by atoms with van der Waals surface area (Å²) in [5, 5.41) is 6.49. The fourth-order valence-electron chi connectivity index (χ4n) is 2.59. The van der Waals surface area contributed by atoms with E-state index in [9.17, 15) is 18.0 Å². The Morgan fingerprint density at radius 1 is 1.04 bits per heavy atom. The minimum absolute atomic E-state index is 0.0846. The number of fused-ring (bicyclic) bond motifs is 1. The predicted octanol–water partition coefficient (Wildman–Crippen LogP) is 6.40. The summed E-state index contributed by atoms with van der Waals surface area (Å²) in [5.74, 6) is -0.454. The van der Waals surface area contributed by atoms with E-state index in [4.69, 9.17) is 23.8 Å². The van der Waals surface area contributed by atoms with Gasteiger partial charge < -0.3 is 5.32 Å². The van der Waals surface area contributed by atoms with Gasteiger partial charge in [-0.3, -0.25) is 10.1 Å². The van der Waals surface area contributed by atoms with E-state index in [0.29, 0.717) is 5.56 Å². The van der Waals surface area contributed by atoms with Gasteiger partial charge >= 0.3 is 6.18 Å². The molecule has 0 radical (unpaired) electrons. The molecule has 3 aromatic carbocycles. The van der Waals surface area contributed by atoms with Crippen LogP contribution in [0.25, 0.3) is 10.8 Å². The highest BCUT2D eigenvalue weighted by Gasteiger charge is 2.31. The van der Waals surface area contributed by atoms with Gasteiger partial charge in [-0.25, -0.2) is 0 Å². The Balaban J connectivity index is 1.77. The molecule has 0 saturated carbocycles. The first-order valence-corrected chi connectivity index (χ1v) is 9.41. The van der Waals surface area contributed by atoms with Crippen molar-refractivity contribution in [3.05, 3.63) is 75.2 Å². The maximum Gasteiger partial charge on any atom is 0.416 e. The number of halogens is 5. The number of benzene rings is 3. The molecule has 0 spiro atoms. The summed E-state index contributed by atoms with van der Waals surface area (Å²) in [5.41, 5.74) is -0.318. The van der Waals surface area contributed by atoms with E-state index in [-0.39, 0.29) is 15.8 Å². The molecule has 2 N–H and O–H groups in total. The van der Waals surface area contributed by atoms with Gasteiger partial charge in [0.2, 0.25) is 0 Å². The average molecular weight is 488 g/mol. The van der Waals surface area contributed by atoms with Crippen molar-refractivity contribution in [1.29, 1.82) is 0 Å². The summed E-state index contributed by atoms with van der Waals surface area (Å²) in [6, 6.07) is 13.6. The van der Waals surface area contributed by atoms with Gasteiger partial charge in [0, 0.05) is 10.0 Å². The highest BCUT2D eigenvalue weighted by molar-refractivity contribution is 9.10. The number of hydrogen-bond acceptors (Lipinski definition) is 2. The van der Waals surface area contributed by atoms with Crippen LogP contribution in [0.3, 0.4) is 0 Å². The Morgan fingerprint density at radius 2 is 1.71 bits per heavy atom. The van der Waals surface area contributed by atoms with E-state index in [1.54, 1.807) is 18.2 Å². The molecule has 144 valence electrons. The lowest BCUT2D eigenvalue weighted by atomic mass is 10.0. The smallest absolute Gasteiger partial charge is 0.331 e. The second kappa shape index (κ2) is 8.06. The molecule has 0 atom stereocenters. The first kappa shape index (κ1) is 20.6. The SMILES string of the molecule is O=C(NC(=S)Nc1ccc(C(F)(F)F)cc1Cl)c1cccc2c(Br)cccc12. The molecule has 0 saturated heterocycles. The molecule has 3 aromatic rings. The molecule has 3 nitrogen and oxygen atoms in total. The first-order valence-electron chi connectivity index (χ1n) is 7.83. The van der Waals surface area contributed by atoms with Crippen molar-refractivity contribution in [2.24, 2.45) is 0 Å². The molecule has 0 aliphatic rings. The standard InChI is InChI=1S/C19H11BrClF3N2OS/c20-14-6-2-3-11-12(14)4-1-5-13(11)17(27)26-18(28)25-16-8-7-10(9-15(16)21)19(22,23)24/h1-9H,(H2,25,26,27,28). The number of amides is 1. The maximum absolute atomic E-state index is 12.7. The van der Waals surface area contributed by atoms with Crippen molar-refractivity contribution < 1.29 is 18.0 Å². The second-order valence-corrected chi connectivity index (χ2v) is 7.41. The Kier molecular flexibility index (Phi) is 5.92. The van der Waals surface area contributed by atoms with E-state index in [0.717, 1.165) is 33.4 Å². The first-order chi connectivity index (χ1) is 13.2. The normalized spacial score (nSPS) is 11.3. The molecule has 0 fully saturated rings. The molecule has 1 amide bonds. The Hall–Kier alpha value is -2.16. The van der Waals surface area contributed by atoms with Crippen molar-refractivity contribution in [2.75, 3.05) is 5.32 Å². The molecular formula is C19H11BrClF3N2OS. The van der Waals surface area contributed by atoms with Crippen molar-refractivity contribution >= 4 is 67.2 Å². The van der Waals surface area contributed by atoms with Gasteiger partial charge in [0.05, 0.1) is 16.3 Å². The number of thiocarbonyl (C=S) groups is 1. The Morgan fingerprint density at radius 3 is 2.39 bits per heavy atom. The zero-order chi connectivity index (χ0) is 20.5. The molecule has 3 rings (SSSR count).